The van der Waals surface area contributed by atoms with E-state index in [-0.39, 0.29) is 12.4 Å². The molecule has 7 heteroatoms. The first kappa shape index (κ1) is 26.8. The third-order valence-corrected chi connectivity index (χ3v) is 8.17. The normalized spacial score (nSPS) is 15.9. The van der Waals surface area contributed by atoms with E-state index in [1.165, 1.54) is 0 Å². The fourth-order valence-corrected chi connectivity index (χ4v) is 6.33. The molecule has 1 N–H and O–H groups in total. The number of allylic oxidation sites excluding steroid dienone is 2. The highest BCUT2D eigenvalue weighted by molar-refractivity contribution is 9.10. The van der Waals surface area contributed by atoms with Crippen LogP contribution in [0.4, 0.5) is 0 Å². The molecule has 0 bridgehead atoms. The van der Waals surface area contributed by atoms with Crippen LogP contribution in [0.1, 0.15) is 46.8 Å². The van der Waals surface area contributed by atoms with Crippen molar-refractivity contribution in [2.45, 2.75) is 26.4 Å². The van der Waals surface area contributed by atoms with Crippen LogP contribution in [0.5, 0.6) is 11.5 Å². The van der Waals surface area contributed by atoms with Crippen molar-refractivity contribution in [2.75, 3.05) is 13.7 Å². The molecule has 4 aromatic carbocycles. The molecule has 0 saturated heterocycles. The molecule has 4 aromatic rings. The first-order valence-electron chi connectivity index (χ1n) is 13.4. The van der Waals surface area contributed by atoms with Crippen LogP contribution < -0.4 is 14.8 Å². The largest absolute Gasteiger partial charge is 0.493 e. The number of esters is 1. The Morgan fingerprint density at radius 3 is 2.49 bits per heavy atom. The van der Waals surface area contributed by atoms with Crippen molar-refractivity contribution in [3.63, 3.8) is 0 Å². The average molecular weight is 611 g/mol. The zero-order chi connectivity index (χ0) is 28.7. The fraction of sp³-hybridized carbons (Fsp3) is 0.176. The second kappa shape index (κ2) is 10.9. The molecule has 0 fully saturated rings. The van der Waals surface area contributed by atoms with Crippen molar-refractivity contribution in [1.82, 2.24) is 5.32 Å². The number of methoxy groups -OCH3 is 1. The van der Waals surface area contributed by atoms with Crippen LogP contribution in [-0.4, -0.2) is 25.5 Å². The maximum Gasteiger partial charge on any atom is 0.336 e. The van der Waals surface area contributed by atoms with Gasteiger partial charge in [-0.1, -0.05) is 66.7 Å². The van der Waals surface area contributed by atoms with E-state index in [0.29, 0.717) is 56.2 Å². The molecule has 1 aliphatic heterocycles. The Morgan fingerprint density at radius 2 is 1.71 bits per heavy atom. The molecule has 206 valence electrons. The number of benzene rings is 4. The predicted molar refractivity (Wildman–Crippen MR) is 162 cm³/mol. The Morgan fingerprint density at radius 1 is 0.976 bits per heavy atom. The first-order valence-corrected chi connectivity index (χ1v) is 14.2. The number of dihydropyridines is 1. The average Bonchev–Trinajstić information content (AvgIpc) is 3.26. The Hall–Kier alpha value is -4.36. The van der Waals surface area contributed by atoms with Gasteiger partial charge in [0.15, 0.2) is 17.3 Å². The van der Waals surface area contributed by atoms with Gasteiger partial charge in [-0.3, -0.25) is 4.79 Å². The molecule has 0 unspecified atom stereocenters. The smallest absolute Gasteiger partial charge is 0.336 e. The minimum atomic E-state index is -0.664. The predicted octanol–water partition coefficient (Wildman–Crippen LogP) is 7.32. The van der Waals surface area contributed by atoms with E-state index in [0.717, 1.165) is 21.9 Å². The molecule has 0 radical (unpaired) electrons. The van der Waals surface area contributed by atoms with Gasteiger partial charge in [0.25, 0.3) is 0 Å². The number of nitrogens with one attached hydrogen (secondary N) is 1. The highest BCUT2D eigenvalue weighted by Crippen LogP contribution is 2.49. The second-order valence-electron chi connectivity index (χ2n) is 9.94. The summed E-state index contributed by atoms with van der Waals surface area (Å²) < 4.78 is 18.2. The number of halogens is 1. The summed E-state index contributed by atoms with van der Waals surface area (Å²) in [5.74, 6) is -0.230. The number of Topliss-reactive ketones (excluding diaryl/α,β-unsaturated/α-hetero) is 1. The van der Waals surface area contributed by atoms with Crippen LogP contribution in [0.25, 0.3) is 16.5 Å². The van der Waals surface area contributed by atoms with Gasteiger partial charge in [0.05, 0.1) is 29.5 Å². The summed E-state index contributed by atoms with van der Waals surface area (Å²) in [5, 5.41) is 5.59. The van der Waals surface area contributed by atoms with E-state index in [1.807, 2.05) is 67.6 Å². The first-order chi connectivity index (χ1) is 19.9. The highest BCUT2D eigenvalue weighted by Gasteiger charge is 2.43. The Kier molecular flexibility index (Phi) is 7.14. The van der Waals surface area contributed by atoms with Crippen molar-refractivity contribution in [3.05, 3.63) is 122 Å². The molecular weight excluding hydrogens is 582 g/mol. The molecule has 0 spiro atoms. The highest BCUT2D eigenvalue weighted by atomic mass is 79.9. The zero-order valence-electron chi connectivity index (χ0n) is 22.9. The number of carbonyl (C=O) groups excluding carboxylic acids is 2. The molecule has 1 heterocycles. The maximum atomic E-state index is 13.8. The van der Waals surface area contributed by atoms with Gasteiger partial charge in [0.1, 0.15) is 6.61 Å². The van der Waals surface area contributed by atoms with Crippen LogP contribution >= 0.6 is 15.9 Å². The van der Waals surface area contributed by atoms with Gasteiger partial charge in [-0.2, -0.15) is 0 Å². The van der Waals surface area contributed by atoms with Crippen LogP contribution in [0.3, 0.4) is 0 Å². The summed E-state index contributed by atoms with van der Waals surface area (Å²) in [6.07, 6.45) is 0. The number of carbonyl (C=O) groups is 2. The quantitative estimate of drug-likeness (QED) is 0.221. The third kappa shape index (κ3) is 4.60. The van der Waals surface area contributed by atoms with Crippen LogP contribution in [-0.2, 0) is 16.1 Å². The van der Waals surface area contributed by atoms with Gasteiger partial charge < -0.3 is 19.5 Å². The lowest BCUT2D eigenvalue weighted by Crippen LogP contribution is -2.29. The molecule has 1 atom stereocenters. The molecule has 6 rings (SSSR count). The fourth-order valence-electron chi connectivity index (χ4n) is 5.76. The summed E-state index contributed by atoms with van der Waals surface area (Å²) in [4.78, 5) is 27.1. The Bertz CT molecular complexity index is 1780. The molecule has 0 amide bonds. The number of ketones is 1. The van der Waals surface area contributed by atoms with Crippen molar-refractivity contribution in [3.8, 4) is 11.5 Å². The molecule has 1 aliphatic carbocycles. The van der Waals surface area contributed by atoms with E-state index in [1.54, 1.807) is 14.0 Å². The lowest BCUT2D eigenvalue weighted by molar-refractivity contribution is -0.138. The van der Waals surface area contributed by atoms with Crippen molar-refractivity contribution in [1.29, 1.82) is 0 Å². The van der Waals surface area contributed by atoms with Gasteiger partial charge in [0.2, 0.25) is 0 Å². The van der Waals surface area contributed by atoms with E-state index in [4.69, 9.17) is 14.2 Å². The number of fused-ring (bicyclic) bond motifs is 3. The van der Waals surface area contributed by atoms with Gasteiger partial charge in [-0.05, 0) is 63.8 Å². The minimum absolute atomic E-state index is 0.117. The van der Waals surface area contributed by atoms with E-state index < -0.39 is 11.9 Å². The standard InChI is InChI=1S/C34H28BrNO5/c1-4-40-34(38)28-19(2)36-31-24-14-7-8-15-25(24)32(37)30(31)29(28)22-16-26(35)33(27(17-22)39-3)41-18-21-12-9-11-20-10-5-6-13-23(20)21/h5-17,29,36H,4,18H2,1-3H3/t29-/m0/s1. The van der Waals surface area contributed by atoms with Crippen LogP contribution in [0.15, 0.2) is 100 Å². The molecule has 0 aromatic heterocycles. The summed E-state index contributed by atoms with van der Waals surface area (Å²) >= 11 is 3.69. The third-order valence-electron chi connectivity index (χ3n) is 7.58. The van der Waals surface area contributed by atoms with Gasteiger partial charge in [-0.25, -0.2) is 4.79 Å². The monoisotopic (exact) mass is 609 g/mol. The summed E-state index contributed by atoms with van der Waals surface area (Å²) in [6, 6.07) is 25.5. The zero-order valence-corrected chi connectivity index (χ0v) is 24.5. The van der Waals surface area contributed by atoms with Crippen molar-refractivity contribution >= 4 is 44.2 Å². The molecule has 6 nitrogen and oxygen atoms in total. The second-order valence-corrected chi connectivity index (χ2v) is 10.8. The topological polar surface area (TPSA) is 73.9 Å². The Balaban J connectivity index is 1.43. The van der Waals surface area contributed by atoms with E-state index >= 15 is 0 Å². The van der Waals surface area contributed by atoms with Gasteiger partial charge in [-0.15, -0.1) is 0 Å². The SMILES string of the molecule is CCOC(=O)C1=C(C)NC2=C(C(=O)c3ccccc32)[C@H]1c1cc(Br)c(OCc2cccc3ccccc23)c(OC)c1. The van der Waals surface area contributed by atoms with Crippen molar-refractivity contribution in [2.24, 2.45) is 0 Å². The van der Waals surface area contributed by atoms with E-state index in [2.05, 4.69) is 39.4 Å². The summed E-state index contributed by atoms with van der Waals surface area (Å²) in [5.41, 5.74) is 5.45. The van der Waals surface area contributed by atoms with Crippen molar-refractivity contribution < 1.29 is 23.8 Å². The molecule has 2 aliphatic rings. The summed E-state index contributed by atoms with van der Waals surface area (Å²) in [7, 11) is 1.58. The number of hydrogen-bond acceptors (Lipinski definition) is 6. The van der Waals surface area contributed by atoms with Crippen LogP contribution in [0, 0.1) is 0 Å². The molecule has 41 heavy (non-hydrogen) atoms. The molecule has 0 saturated carbocycles. The van der Waals surface area contributed by atoms with Gasteiger partial charge in [0, 0.05) is 28.3 Å². The summed E-state index contributed by atoms with van der Waals surface area (Å²) in [6.45, 7) is 4.15. The minimum Gasteiger partial charge on any atom is -0.493 e. The maximum absolute atomic E-state index is 13.8. The number of hydrogen-bond donors (Lipinski definition) is 1. The van der Waals surface area contributed by atoms with E-state index in [9.17, 15) is 9.59 Å². The van der Waals surface area contributed by atoms with Crippen LogP contribution in [0.2, 0.25) is 0 Å². The lowest BCUT2D eigenvalue weighted by atomic mass is 9.79. The Labute approximate surface area is 246 Å². The number of rotatable bonds is 7. The lowest BCUT2D eigenvalue weighted by Gasteiger charge is -2.30. The molecular formula is C34H28BrNO5. The van der Waals surface area contributed by atoms with Gasteiger partial charge >= 0.3 is 5.97 Å². The number of ether oxygens (including phenoxy) is 3.